The molecular weight excluding hydrogens is 178 g/mol. The summed E-state index contributed by atoms with van der Waals surface area (Å²) in [4.78, 5) is 11.0. The Morgan fingerprint density at radius 2 is 2.42 bits per heavy atom. The van der Waals surface area contributed by atoms with Crippen molar-refractivity contribution in [3.8, 4) is 0 Å². The number of hydrogen-bond acceptors (Lipinski definition) is 2. The molecular formula is C7H9NO3S. The van der Waals surface area contributed by atoms with E-state index in [-0.39, 0.29) is 4.91 Å². The molecule has 5 heteroatoms. The lowest BCUT2D eigenvalue weighted by atomic mass is 10.0. The molecule has 0 spiro atoms. The van der Waals surface area contributed by atoms with E-state index in [1.165, 1.54) is 6.08 Å². The van der Waals surface area contributed by atoms with Crippen LogP contribution in [-0.2, 0) is 15.9 Å². The Bertz CT molecular complexity index is 282. The maximum atomic E-state index is 10.8. The van der Waals surface area contributed by atoms with Gasteiger partial charge in [-0.3, -0.25) is 4.79 Å². The van der Waals surface area contributed by atoms with Crippen LogP contribution in [0.4, 0.5) is 0 Å². The van der Waals surface area contributed by atoms with Gasteiger partial charge in [0, 0.05) is 0 Å². The van der Waals surface area contributed by atoms with E-state index in [9.17, 15) is 9.00 Å². The second-order valence-electron chi connectivity index (χ2n) is 2.44. The Morgan fingerprint density at radius 1 is 1.75 bits per heavy atom. The summed E-state index contributed by atoms with van der Waals surface area (Å²) in [5.74, 6) is -1.19. The summed E-state index contributed by atoms with van der Waals surface area (Å²) >= 11 is -2.09. The van der Waals surface area contributed by atoms with Crippen LogP contribution in [0.2, 0.25) is 0 Å². The molecule has 0 aromatic rings. The molecule has 4 nitrogen and oxygen atoms in total. The first-order chi connectivity index (χ1) is 5.63. The molecule has 66 valence electrons. The molecule has 0 saturated heterocycles. The van der Waals surface area contributed by atoms with Crippen molar-refractivity contribution in [3.05, 3.63) is 23.1 Å². The number of rotatable bonds is 2. The molecule has 1 aliphatic carbocycles. The number of hydrogen-bond donors (Lipinski definition) is 2. The van der Waals surface area contributed by atoms with Crippen LogP contribution in [0.15, 0.2) is 23.1 Å². The second-order valence-corrected chi connectivity index (χ2v) is 3.41. The Hall–Kier alpha value is -0.940. The van der Waals surface area contributed by atoms with Crippen LogP contribution in [0, 0.1) is 5.92 Å². The average Bonchev–Trinajstić information content (AvgIpc) is 2.04. The minimum atomic E-state index is -2.09. The average molecular weight is 187 g/mol. The third-order valence-electron chi connectivity index (χ3n) is 1.66. The Kier molecular flexibility index (Phi) is 2.78. The number of amides is 1. The zero-order chi connectivity index (χ0) is 9.14. The van der Waals surface area contributed by atoms with Crippen LogP contribution in [0.25, 0.3) is 0 Å². The molecule has 2 unspecified atom stereocenters. The highest BCUT2D eigenvalue weighted by atomic mass is 32.2. The predicted molar refractivity (Wildman–Crippen MR) is 45.3 cm³/mol. The van der Waals surface area contributed by atoms with E-state index < -0.39 is 22.9 Å². The molecule has 0 aromatic heterocycles. The van der Waals surface area contributed by atoms with Gasteiger partial charge in [0.25, 0.3) is 0 Å². The first-order valence-corrected chi connectivity index (χ1v) is 4.50. The van der Waals surface area contributed by atoms with Crippen molar-refractivity contribution >= 4 is 17.0 Å². The third-order valence-corrected chi connectivity index (χ3v) is 2.48. The molecule has 0 saturated carbocycles. The van der Waals surface area contributed by atoms with Gasteiger partial charge in [0.05, 0.1) is 10.8 Å². The van der Waals surface area contributed by atoms with Crippen LogP contribution in [-0.4, -0.2) is 14.7 Å². The number of nitrogens with two attached hydrogens (primary N) is 1. The highest BCUT2D eigenvalue weighted by Crippen LogP contribution is 2.21. The van der Waals surface area contributed by atoms with Crippen molar-refractivity contribution in [1.82, 2.24) is 0 Å². The van der Waals surface area contributed by atoms with Crippen LogP contribution in [0.5, 0.6) is 0 Å². The summed E-state index contributed by atoms with van der Waals surface area (Å²) in [6.07, 6.45) is 5.25. The standard InChI is InChI=1S/C7H9NO3S/c8-7(9)5-3-1-2-4-6(5)12(10)11/h1-2,4-5H,3H2,(H2,8,9)(H,10,11). The first kappa shape index (κ1) is 9.15. The van der Waals surface area contributed by atoms with E-state index in [0.717, 1.165) is 0 Å². The van der Waals surface area contributed by atoms with Gasteiger partial charge in [-0.05, 0) is 12.5 Å². The molecule has 1 amide bonds. The molecule has 0 radical (unpaired) electrons. The minimum absolute atomic E-state index is 0.185. The van der Waals surface area contributed by atoms with E-state index in [4.69, 9.17) is 10.3 Å². The van der Waals surface area contributed by atoms with Gasteiger partial charge in [-0.1, -0.05) is 12.2 Å². The molecule has 0 bridgehead atoms. The fourth-order valence-electron chi connectivity index (χ4n) is 1.05. The van der Waals surface area contributed by atoms with E-state index >= 15 is 0 Å². The van der Waals surface area contributed by atoms with Gasteiger partial charge in [0.2, 0.25) is 5.91 Å². The fraction of sp³-hybridized carbons (Fsp3) is 0.286. The lowest BCUT2D eigenvalue weighted by molar-refractivity contribution is -0.120. The molecule has 0 fully saturated rings. The van der Waals surface area contributed by atoms with Gasteiger partial charge in [-0.15, -0.1) is 0 Å². The van der Waals surface area contributed by atoms with Crippen molar-refractivity contribution in [2.75, 3.05) is 0 Å². The molecule has 0 heterocycles. The maximum Gasteiger partial charge on any atom is 0.225 e. The largest absolute Gasteiger partial charge is 0.369 e. The second kappa shape index (κ2) is 3.64. The summed E-state index contributed by atoms with van der Waals surface area (Å²) in [7, 11) is 0. The Morgan fingerprint density at radius 3 is 2.83 bits per heavy atom. The number of allylic oxidation sites excluding steroid dienone is 3. The Labute approximate surface area is 72.4 Å². The quantitative estimate of drug-likeness (QED) is 0.604. The van der Waals surface area contributed by atoms with Crippen LogP contribution < -0.4 is 5.73 Å². The van der Waals surface area contributed by atoms with Crippen LogP contribution in [0.3, 0.4) is 0 Å². The molecule has 0 aromatic carbocycles. The van der Waals surface area contributed by atoms with Crippen molar-refractivity contribution in [2.45, 2.75) is 6.42 Å². The number of carbonyl (C=O) groups is 1. The molecule has 12 heavy (non-hydrogen) atoms. The van der Waals surface area contributed by atoms with E-state index in [1.54, 1.807) is 12.2 Å². The van der Waals surface area contributed by atoms with E-state index in [2.05, 4.69) is 0 Å². The smallest absolute Gasteiger partial charge is 0.225 e. The zero-order valence-corrected chi connectivity index (χ0v) is 7.08. The lowest BCUT2D eigenvalue weighted by Gasteiger charge is -2.14. The highest BCUT2D eigenvalue weighted by molar-refractivity contribution is 7.83. The van der Waals surface area contributed by atoms with Crippen LogP contribution in [0.1, 0.15) is 6.42 Å². The minimum Gasteiger partial charge on any atom is -0.369 e. The van der Waals surface area contributed by atoms with Crippen LogP contribution >= 0.6 is 0 Å². The van der Waals surface area contributed by atoms with Crippen molar-refractivity contribution in [1.29, 1.82) is 0 Å². The Balaban J connectivity index is 2.91. The first-order valence-electron chi connectivity index (χ1n) is 3.40. The summed E-state index contributed by atoms with van der Waals surface area (Å²) in [6.45, 7) is 0. The SMILES string of the molecule is NC(=O)C1CC=CC=C1S(=O)O. The monoisotopic (exact) mass is 187 g/mol. The number of primary amides is 1. The molecule has 0 aliphatic heterocycles. The predicted octanol–water partition coefficient (Wildman–Crippen LogP) is 0.153. The highest BCUT2D eigenvalue weighted by Gasteiger charge is 2.24. The fourth-order valence-corrected chi connectivity index (χ4v) is 1.70. The molecule has 2 atom stereocenters. The van der Waals surface area contributed by atoms with Crippen molar-refractivity contribution in [2.24, 2.45) is 11.7 Å². The topological polar surface area (TPSA) is 80.4 Å². The van der Waals surface area contributed by atoms with Gasteiger partial charge < -0.3 is 10.3 Å². The van der Waals surface area contributed by atoms with Gasteiger partial charge >= 0.3 is 0 Å². The summed E-state index contributed by atoms with van der Waals surface area (Å²) in [6, 6.07) is 0. The van der Waals surface area contributed by atoms with Gasteiger partial charge in [-0.2, -0.15) is 0 Å². The normalized spacial score (nSPS) is 24.8. The number of carbonyl (C=O) groups excluding carboxylic acids is 1. The summed E-state index contributed by atoms with van der Waals surface area (Å²) < 4.78 is 19.4. The van der Waals surface area contributed by atoms with Crippen molar-refractivity contribution in [3.63, 3.8) is 0 Å². The van der Waals surface area contributed by atoms with Gasteiger partial charge in [0.1, 0.15) is 0 Å². The zero-order valence-electron chi connectivity index (χ0n) is 6.27. The summed E-state index contributed by atoms with van der Waals surface area (Å²) in [5.41, 5.74) is 5.04. The van der Waals surface area contributed by atoms with Crippen molar-refractivity contribution < 1.29 is 13.6 Å². The van der Waals surface area contributed by atoms with Gasteiger partial charge in [0.15, 0.2) is 11.1 Å². The summed E-state index contributed by atoms with van der Waals surface area (Å²) in [5, 5.41) is 0. The van der Waals surface area contributed by atoms with E-state index in [1.807, 2.05) is 0 Å². The third kappa shape index (κ3) is 1.80. The van der Waals surface area contributed by atoms with Gasteiger partial charge in [-0.25, -0.2) is 4.21 Å². The maximum absolute atomic E-state index is 10.8. The molecule has 1 rings (SSSR count). The molecule has 1 aliphatic rings. The lowest BCUT2D eigenvalue weighted by Crippen LogP contribution is -2.26. The van der Waals surface area contributed by atoms with E-state index in [0.29, 0.717) is 6.42 Å². The molecule has 3 N–H and O–H groups in total.